The van der Waals surface area contributed by atoms with Crippen LogP contribution in [0.15, 0.2) is 41.0 Å². The topological polar surface area (TPSA) is 42.0 Å². The van der Waals surface area contributed by atoms with Crippen LogP contribution >= 0.6 is 27.5 Å². The van der Waals surface area contributed by atoms with Crippen LogP contribution in [0.4, 0.5) is 5.69 Å². The summed E-state index contributed by atoms with van der Waals surface area (Å²) in [5.74, 6) is -0.208. The molecule has 0 bridgehead atoms. The van der Waals surface area contributed by atoms with E-state index in [0.29, 0.717) is 11.3 Å². The van der Waals surface area contributed by atoms with E-state index in [1.54, 1.807) is 18.3 Å². The molecule has 0 saturated carbocycles. The van der Waals surface area contributed by atoms with E-state index in [-0.39, 0.29) is 11.1 Å². The molecule has 1 heterocycles. The van der Waals surface area contributed by atoms with E-state index in [9.17, 15) is 4.79 Å². The van der Waals surface area contributed by atoms with Crippen LogP contribution in [0.25, 0.3) is 0 Å². The minimum Gasteiger partial charge on any atom is -0.319 e. The lowest BCUT2D eigenvalue weighted by Crippen LogP contribution is -2.12. The third-order valence-electron chi connectivity index (χ3n) is 2.33. The molecule has 3 nitrogen and oxygen atoms in total. The molecule has 1 aromatic heterocycles. The second-order valence-corrected chi connectivity index (χ2v) is 5.09. The third kappa shape index (κ3) is 3.09. The molecule has 2 rings (SSSR count). The van der Waals surface area contributed by atoms with E-state index in [2.05, 4.69) is 26.2 Å². The number of pyridine rings is 1. The summed E-state index contributed by atoms with van der Waals surface area (Å²) in [7, 11) is 0. The molecule has 0 fully saturated rings. The van der Waals surface area contributed by atoms with Crippen molar-refractivity contribution in [2.24, 2.45) is 0 Å². The molecule has 0 unspecified atom stereocenters. The first-order valence-electron chi connectivity index (χ1n) is 5.25. The number of benzene rings is 1. The van der Waals surface area contributed by atoms with E-state index < -0.39 is 0 Å². The number of carbonyl (C=O) groups excluding carboxylic acids is 1. The second kappa shape index (κ2) is 5.50. The number of hydrogen-bond donors (Lipinski definition) is 1. The largest absolute Gasteiger partial charge is 0.319 e. The molecule has 0 atom stereocenters. The number of aryl methyl sites for hydroxylation is 1. The maximum Gasteiger partial charge on any atom is 0.255 e. The van der Waals surface area contributed by atoms with Crippen LogP contribution in [0.2, 0.25) is 5.15 Å². The molecule has 1 amide bonds. The average Bonchev–Trinajstić information content (AvgIpc) is 2.34. The standard InChI is InChI=1S/C13H10BrClN2O/c1-8-3-2-4-9(5-8)13(18)17-11-6-10(14)7-16-12(11)15/h2-7H,1H3,(H,17,18). The maximum absolute atomic E-state index is 12.0. The Morgan fingerprint density at radius 1 is 1.39 bits per heavy atom. The highest BCUT2D eigenvalue weighted by molar-refractivity contribution is 9.10. The number of hydrogen-bond acceptors (Lipinski definition) is 2. The lowest BCUT2D eigenvalue weighted by molar-refractivity contribution is 0.102. The fraction of sp³-hybridized carbons (Fsp3) is 0.0769. The molecule has 0 aliphatic heterocycles. The Labute approximate surface area is 118 Å². The normalized spacial score (nSPS) is 10.2. The number of halogens is 2. The Bertz CT molecular complexity index is 601. The fourth-order valence-electron chi connectivity index (χ4n) is 1.49. The highest BCUT2D eigenvalue weighted by atomic mass is 79.9. The minimum absolute atomic E-state index is 0.208. The van der Waals surface area contributed by atoms with Crippen LogP contribution in [-0.2, 0) is 0 Å². The van der Waals surface area contributed by atoms with Crippen molar-refractivity contribution in [2.45, 2.75) is 6.92 Å². The fourth-order valence-corrected chi connectivity index (χ4v) is 1.97. The molecule has 0 saturated heterocycles. The van der Waals surface area contributed by atoms with Gasteiger partial charge in [-0.25, -0.2) is 4.98 Å². The molecule has 0 radical (unpaired) electrons. The van der Waals surface area contributed by atoms with Crippen LogP contribution in [0.1, 0.15) is 15.9 Å². The van der Waals surface area contributed by atoms with E-state index in [1.165, 1.54) is 0 Å². The molecule has 1 N–H and O–H groups in total. The lowest BCUT2D eigenvalue weighted by Gasteiger charge is -2.07. The van der Waals surface area contributed by atoms with Crippen molar-refractivity contribution >= 4 is 39.1 Å². The van der Waals surface area contributed by atoms with Gasteiger partial charge < -0.3 is 5.32 Å². The zero-order valence-corrected chi connectivity index (χ0v) is 11.9. The van der Waals surface area contributed by atoms with Gasteiger partial charge in [0.05, 0.1) is 5.69 Å². The van der Waals surface area contributed by atoms with Crippen molar-refractivity contribution in [2.75, 3.05) is 5.32 Å². The van der Waals surface area contributed by atoms with Gasteiger partial charge in [-0.1, -0.05) is 29.3 Å². The zero-order chi connectivity index (χ0) is 13.1. The van der Waals surface area contributed by atoms with Gasteiger partial charge in [-0.3, -0.25) is 4.79 Å². The molecule has 92 valence electrons. The smallest absolute Gasteiger partial charge is 0.255 e. The number of amides is 1. The van der Waals surface area contributed by atoms with Gasteiger partial charge in [0.15, 0.2) is 5.15 Å². The van der Waals surface area contributed by atoms with Crippen molar-refractivity contribution in [3.8, 4) is 0 Å². The Kier molecular flexibility index (Phi) is 3.99. The summed E-state index contributed by atoms with van der Waals surface area (Å²) in [4.78, 5) is 16.0. The Balaban J connectivity index is 2.24. The predicted octanol–water partition coefficient (Wildman–Crippen LogP) is 4.06. The first kappa shape index (κ1) is 13.1. The number of carbonyl (C=O) groups is 1. The molecule has 0 spiro atoms. The predicted molar refractivity (Wildman–Crippen MR) is 76.1 cm³/mol. The molecule has 1 aromatic carbocycles. The molecule has 0 aliphatic rings. The summed E-state index contributed by atoms with van der Waals surface area (Å²) in [6.07, 6.45) is 1.57. The van der Waals surface area contributed by atoms with Gasteiger partial charge in [0, 0.05) is 16.2 Å². The SMILES string of the molecule is Cc1cccc(C(=O)Nc2cc(Br)cnc2Cl)c1. The number of aromatic nitrogens is 1. The van der Waals surface area contributed by atoms with Crippen LogP contribution in [-0.4, -0.2) is 10.9 Å². The summed E-state index contributed by atoms with van der Waals surface area (Å²) < 4.78 is 0.756. The summed E-state index contributed by atoms with van der Waals surface area (Å²) in [5.41, 5.74) is 2.10. The van der Waals surface area contributed by atoms with Gasteiger partial charge in [0.1, 0.15) is 0 Å². The first-order valence-corrected chi connectivity index (χ1v) is 6.42. The summed E-state index contributed by atoms with van der Waals surface area (Å²) in [6.45, 7) is 1.93. The van der Waals surface area contributed by atoms with Gasteiger partial charge in [-0.15, -0.1) is 0 Å². The Hall–Kier alpha value is -1.39. The average molecular weight is 326 g/mol. The Morgan fingerprint density at radius 3 is 2.89 bits per heavy atom. The number of rotatable bonds is 2. The minimum atomic E-state index is -0.208. The van der Waals surface area contributed by atoms with Crippen LogP contribution in [0.5, 0.6) is 0 Å². The molecular weight excluding hydrogens is 316 g/mol. The third-order valence-corrected chi connectivity index (χ3v) is 3.07. The molecule has 5 heteroatoms. The molecular formula is C13H10BrClN2O. The van der Waals surface area contributed by atoms with Gasteiger partial charge in [0.25, 0.3) is 5.91 Å². The van der Waals surface area contributed by atoms with Gasteiger partial charge in [-0.05, 0) is 41.1 Å². The van der Waals surface area contributed by atoms with E-state index in [0.717, 1.165) is 10.0 Å². The molecule has 0 aliphatic carbocycles. The van der Waals surface area contributed by atoms with Crippen LogP contribution < -0.4 is 5.32 Å². The lowest BCUT2D eigenvalue weighted by atomic mass is 10.1. The quantitative estimate of drug-likeness (QED) is 0.846. The number of anilines is 1. The van der Waals surface area contributed by atoms with Crippen molar-refractivity contribution < 1.29 is 4.79 Å². The van der Waals surface area contributed by atoms with E-state index >= 15 is 0 Å². The zero-order valence-electron chi connectivity index (χ0n) is 9.58. The number of nitrogens with one attached hydrogen (secondary N) is 1. The van der Waals surface area contributed by atoms with Crippen molar-refractivity contribution in [3.63, 3.8) is 0 Å². The maximum atomic E-state index is 12.0. The van der Waals surface area contributed by atoms with Crippen LogP contribution in [0.3, 0.4) is 0 Å². The Morgan fingerprint density at radius 2 is 2.17 bits per heavy atom. The summed E-state index contributed by atoms with van der Waals surface area (Å²) >= 11 is 9.19. The number of nitrogens with zero attached hydrogens (tertiary/aromatic N) is 1. The van der Waals surface area contributed by atoms with Crippen molar-refractivity contribution in [1.29, 1.82) is 0 Å². The van der Waals surface area contributed by atoms with Gasteiger partial charge in [0.2, 0.25) is 0 Å². The summed E-state index contributed by atoms with van der Waals surface area (Å²) in [6, 6.07) is 9.05. The monoisotopic (exact) mass is 324 g/mol. The van der Waals surface area contributed by atoms with E-state index in [1.807, 2.05) is 25.1 Å². The van der Waals surface area contributed by atoms with E-state index in [4.69, 9.17) is 11.6 Å². The highest BCUT2D eigenvalue weighted by Gasteiger charge is 2.09. The highest BCUT2D eigenvalue weighted by Crippen LogP contribution is 2.23. The molecule has 18 heavy (non-hydrogen) atoms. The van der Waals surface area contributed by atoms with Gasteiger partial charge >= 0.3 is 0 Å². The second-order valence-electron chi connectivity index (χ2n) is 3.82. The summed E-state index contributed by atoms with van der Waals surface area (Å²) in [5, 5.41) is 2.99. The first-order chi connectivity index (χ1) is 8.56. The van der Waals surface area contributed by atoms with Crippen molar-refractivity contribution in [3.05, 3.63) is 57.3 Å². The van der Waals surface area contributed by atoms with Gasteiger partial charge in [-0.2, -0.15) is 0 Å². The van der Waals surface area contributed by atoms with Crippen LogP contribution in [0, 0.1) is 6.92 Å². The molecule has 2 aromatic rings. The van der Waals surface area contributed by atoms with Crippen molar-refractivity contribution in [1.82, 2.24) is 4.98 Å².